The van der Waals surface area contributed by atoms with Gasteiger partial charge in [-0.05, 0) is 50.8 Å². The number of carboxylic acids is 1. The number of tetrazole rings is 1. The van der Waals surface area contributed by atoms with Gasteiger partial charge >= 0.3 is 5.97 Å². The number of aliphatic carboxylic acids is 1. The molecule has 11 heteroatoms. The Hall–Kier alpha value is -1.76. The van der Waals surface area contributed by atoms with Crippen molar-refractivity contribution in [2.24, 2.45) is 0 Å². The molecule has 9 nitrogen and oxygen atoms in total. The van der Waals surface area contributed by atoms with Crippen LogP contribution in [0.1, 0.15) is 0 Å². The van der Waals surface area contributed by atoms with Gasteiger partial charge in [-0.1, -0.05) is 0 Å². The van der Waals surface area contributed by atoms with Gasteiger partial charge in [0.05, 0.1) is 4.92 Å². The van der Waals surface area contributed by atoms with Crippen LogP contribution in [-0.2, 0) is 11.3 Å². The molecule has 0 saturated carbocycles. The van der Waals surface area contributed by atoms with Crippen LogP contribution in [0.5, 0.6) is 0 Å². The summed E-state index contributed by atoms with van der Waals surface area (Å²) < 4.78 is 1.80. The van der Waals surface area contributed by atoms with E-state index in [4.69, 9.17) is 5.11 Å². The number of nitro benzene ring substituents is 1. The van der Waals surface area contributed by atoms with Crippen molar-refractivity contribution < 1.29 is 14.8 Å². The Bertz CT molecular complexity index is 676. The van der Waals surface area contributed by atoms with Crippen LogP contribution in [-0.4, -0.2) is 36.2 Å². The molecular formula is C9H6IN5O4S. The van der Waals surface area contributed by atoms with E-state index in [2.05, 4.69) is 15.5 Å². The number of carboxylic acid groups (broad SMARTS) is 1. The van der Waals surface area contributed by atoms with Crippen molar-refractivity contribution in [3.05, 3.63) is 31.9 Å². The number of rotatable bonds is 5. The van der Waals surface area contributed by atoms with Gasteiger partial charge in [0.2, 0.25) is 5.16 Å². The average molecular weight is 407 g/mol. The largest absolute Gasteiger partial charge is 0.480 e. The second-order valence-corrected chi connectivity index (χ2v) is 5.66. The van der Waals surface area contributed by atoms with E-state index in [0.717, 1.165) is 16.4 Å². The molecule has 0 fully saturated rings. The van der Waals surface area contributed by atoms with Crippen molar-refractivity contribution >= 4 is 46.0 Å². The summed E-state index contributed by atoms with van der Waals surface area (Å²) in [6.07, 6.45) is 0. The first-order valence-corrected chi connectivity index (χ1v) is 6.96. The number of nitrogens with zero attached hydrogens (tertiary/aromatic N) is 5. The van der Waals surface area contributed by atoms with Gasteiger partial charge in [0, 0.05) is 20.6 Å². The zero-order valence-electron chi connectivity index (χ0n) is 9.63. The van der Waals surface area contributed by atoms with Crippen molar-refractivity contribution in [2.75, 3.05) is 0 Å². The monoisotopic (exact) mass is 407 g/mol. The Morgan fingerprint density at radius 1 is 1.55 bits per heavy atom. The average Bonchev–Trinajstić information content (AvgIpc) is 2.78. The summed E-state index contributed by atoms with van der Waals surface area (Å²) in [6.45, 7) is -0.348. The molecule has 0 unspecified atom stereocenters. The van der Waals surface area contributed by atoms with Gasteiger partial charge in [0.25, 0.3) is 5.69 Å². The Labute approximate surface area is 129 Å². The SMILES string of the molecule is O=C(O)Cn1nnnc1Sc1ccc([N+](=O)[O-])cc1I. The van der Waals surface area contributed by atoms with Crippen LogP contribution in [0.4, 0.5) is 5.69 Å². The molecule has 0 radical (unpaired) electrons. The van der Waals surface area contributed by atoms with E-state index in [0.29, 0.717) is 13.6 Å². The Morgan fingerprint density at radius 2 is 2.30 bits per heavy atom. The molecule has 2 aromatic rings. The number of hydrogen-bond donors (Lipinski definition) is 1. The molecular weight excluding hydrogens is 401 g/mol. The Kier molecular flexibility index (Phi) is 4.49. The van der Waals surface area contributed by atoms with Crippen LogP contribution in [0.3, 0.4) is 0 Å². The smallest absolute Gasteiger partial charge is 0.325 e. The Balaban J connectivity index is 2.24. The predicted octanol–water partition coefficient (Wildman–Crippen LogP) is 1.42. The lowest BCUT2D eigenvalue weighted by molar-refractivity contribution is -0.385. The maximum Gasteiger partial charge on any atom is 0.325 e. The maximum atomic E-state index is 10.7. The van der Waals surface area contributed by atoms with Gasteiger partial charge in [-0.15, -0.1) is 5.10 Å². The lowest BCUT2D eigenvalue weighted by Crippen LogP contribution is -2.11. The van der Waals surface area contributed by atoms with Gasteiger partial charge in [0.15, 0.2) is 0 Å². The molecule has 0 aliphatic heterocycles. The quantitative estimate of drug-likeness (QED) is 0.449. The number of hydrogen-bond acceptors (Lipinski definition) is 7. The van der Waals surface area contributed by atoms with Crippen molar-refractivity contribution in [2.45, 2.75) is 16.6 Å². The van der Waals surface area contributed by atoms with E-state index >= 15 is 0 Å². The van der Waals surface area contributed by atoms with E-state index in [1.807, 2.05) is 22.6 Å². The first kappa shape index (κ1) is 14.6. The summed E-state index contributed by atoms with van der Waals surface area (Å²) in [5.74, 6) is -1.06. The summed E-state index contributed by atoms with van der Waals surface area (Å²) in [7, 11) is 0. The molecule has 0 atom stereocenters. The standard InChI is InChI=1S/C9H6IN5O4S/c10-6-3-5(15(18)19)1-2-7(6)20-9-11-12-13-14(9)4-8(16)17/h1-3H,4H2,(H,16,17). The first-order chi connectivity index (χ1) is 9.47. The van der Waals surface area contributed by atoms with Crippen LogP contribution >= 0.6 is 34.4 Å². The second-order valence-electron chi connectivity index (χ2n) is 3.49. The molecule has 0 amide bonds. The highest BCUT2D eigenvalue weighted by Crippen LogP contribution is 2.31. The van der Waals surface area contributed by atoms with E-state index < -0.39 is 10.9 Å². The molecule has 1 aromatic carbocycles. The van der Waals surface area contributed by atoms with Gasteiger partial charge in [0.1, 0.15) is 6.54 Å². The van der Waals surface area contributed by atoms with E-state index in [1.54, 1.807) is 6.07 Å². The topological polar surface area (TPSA) is 124 Å². The maximum absolute atomic E-state index is 10.7. The summed E-state index contributed by atoms with van der Waals surface area (Å²) in [4.78, 5) is 21.5. The van der Waals surface area contributed by atoms with Crippen LogP contribution in [0.15, 0.2) is 28.3 Å². The van der Waals surface area contributed by atoms with Crippen molar-refractivity contribution in [3.8, 4) is 0 Å². The fourth-order valence-corrected chi connectivity index (χ4v) is 2.88. The van der Waals surface area contributed by atoms with E-state index in [-0.39, 0.29) is 12.2 Å². The highest BCUT2D eigenvalue weighted by molar-refractivity contribution is 14.1. The third-order valence-electron chi connectivity index (χ3n) is 2.11. The number of halogens is 1. The van der Waals surface area contributed by atoms with Crippen LogP contribution in [0, 0.1) is 13.7 Å². The number of benzene rings is 1. The lowest BCUT2D eigenvalue weighted by Gasteiger charge is -2.03. The predicted molar refractivity (Wildman–Crippen MR) is 75.4 cm³/mol. The van der Waals surface area contributed by atoms with Gasteiger partial charge in [-0.25, -0.2) is 4.68 Å². The summed E-state index contributed by atoms with van der Waals surface area (Å²) in [5, 5.41) is 30.4. The van der Waals surface area contributed by atoms with Crippen molar-refractivity contribution in [1.29, 1.82) is 0 Å². The minimum atomic E-state index is -1.06. The molecule has 0 bridgehead atoms. The third kappa shape index (κ3) is 3.41. The van der Waals surface area contributed by atoms with Gasteiger partial charge in [-0.2, -0.15) is 0 Å². The third-order valence-corrected chi connectivity index (χ3v) is 4.42. The normalized spacial score (nSPS) is 10.4. The molecule has 0 saturated heterocycles. The van der Waals surface area contributed by atoms with Crippen LogP contribution in [0.2, 0.25) is 0 Å². The van der Waals surface area contributed by atoms with E-state index in [9.17, 15) is 14.9 Å². The molecule has 0 aliphatic rings. The lowest BCUT2D eigenvalue weighted by atomic mass is 10.3. The Morgan fingerprint density at radius 3 is 2.90 bits per heavy atom. The number of nitro groups is 1. The number of aromatic nitrogens is 4. The fourth-order valence-electron chi connectivity index (χ4n) is 1.28. The molecule has 1 heterocycles. The zero-order valence-corrected chi connectivity index (χ0v) is 12.6. The number of carbonyl (C=O) groups is 1. The molecule has 2 rings (SSSR count). The number of non-ortho nitro benzene ring substituents is 1. The molecule has 20 heavy (non-hydrogen) atoms. The molecule has 104 valence electrons. The minimum Gasteiger partial charge on any atom is -0.480 e. The van der Waals surface area contributed by atoms with Crippen LogP contribution < -0.4 is 0 Å². The summed E-state index contributed by atoms with van der Waals surface area (Å²) in [5.41, 5.74) is -0.0103. The van der Waals surface area contributed by atoms with Crippen molar-refractivity contribution in [3.63, 3.8) is 0 Å². The molecule has 1 aromatic heterocycles. The van der Waals surface area contributed by atoms with Gasteiger partial charge < -0.3 is 5.11 Å². The molecule has 0 aliphatic carbocycles. The van der Waals surface area contributed by atoms with Crippen molar-refractivity contribution in [1.82, 2.24) is 20.2 Å². The zero-order chi connectivity index (χ0) is 14.7. The van der Waals surface area contributed by atoms with Crippen LogP contribution in [0.25, 0.3) is 0 Å². The first-order valence-electron chi connectivity index (χ1n) is 5.07. The van der Waals surface area contributed by atoms with E-state index in [1.165, 1.54) is 12.1 Å². The fraction of sp³-hybridized carbons (Fsp3) is 0.111. The molecule has 1 N–H and O–H groups in total. The highest BCUT2D eigenvalue weighted by atomic mass is 127. The minimum absolute atomic E-state index is 0.0103. The summed E-state index contributed by atoms with van der Waals surface area (Å²) in [6, 6.07) is 4.37. The summed E-state index contributed by atoms with van der Waals surface area (Å²) >= 11 is 3.11. The second kappa shape index (κ2) is 6.13. The highest BCUT2D eigenvalue weighted by Gasteiger charge is 2.15. The van der Waals surface area contributed by atoms with Gasteiger partial charge in [-0.3, -0.25) is 14.9 Å². The molecule has 0 spiro atoms.